The standard InChI is InChI=1S/C37H26F10O/c1-2-3-4-5-21-6-8-22(9-7-21)23-10-13-27(30(38)16-23)24-11-14-28(31(39)17-24)25-12-15-29(32(40)18-25)37(46,47)48-26-19-33(41)35(34(42)20-26)36(43,44)45/h6-20H,2-5H2,1H3. The first-order valence-corrected chi connectivity index (χ1v) is 14.8. The summed E-state index contributed by atoms with van der Waals surface area (Å²) in [5.41, 5.74) is -1.26. The molecule has 0 atom stereocenters. The summed E-state index contributed by atoms with van der Waals surface area (Å²) in [5, 5.41) is 0. The lowest BCUT2D eigenvalue weighted by atomic mass is 9.96. The van der Waals surface area contributed by atoms with Gasteiger partial charge in [-0.1, -0.05) is 74.4 Å². The van der Waals surface area contributed by atoms with Gasteiger partial charge in [0.25, 0.3) is 0 Å². The van der Waals surface area contributed by atoms with Gasteiger partial charge in [-0.15, -0.1) is 0 Å². The van der Waals surface area contributed by atoms with Gasteiger partial charge in [0.1, 0.15) is 40.4 Å². The second-order valence-electron chi connectivity index (χ2n) is 11.1. The van der Waals surface area contributed by atoms with Crippen LogP contribution in [0.25, 0.3) is 33.4 Å². The number of alkyl halides is 5. The van der Waals surface area contributed by atoms with Gasteiger partial charge in [0, 0.05) is 23.3 Å². The number of hydrogen-bond acceptors (Lipinski definition) is 1. The van der Waals surface area contributed by atoms with E-state index in [0.717, 1.165) is 43.4 Å². The van der Waals surface area contributed by atoms with Crippen LogP contribution in [0.1, 0.15) is 42.9 Å². The van der Waals surface area contributed by atoms with Crippen molar-refractivity contribution in [1.29, 1.82) is 0 Å². The molecule has 5 rings (SSSR count). The zero-order chi connectivity index (χ0) is 34.8. The summed E-state index contributed by atoms with van der Waals surface area (Å²) in [4.78, 5) is 0. The molecule has 0 saturated carbocycles. The maximum absolute atomic E-state index is 15.2. The van der Waals surface area contributed by atoms with Crippen molar-refractivity contribution in [3.8, 4) is 39.1 Å². The summed E-state index contributed by atoms with van der Waals surface area (Å²) in [6.07, 6.45) is -5.74. The Morgan fingerprint density at radius 3 is 1.54 bits per heavy atom. The zero-order valence-corrected chi connectivity index (χ0v) is 25.2. The van der Waals surface area contributed by atoms with Crippen LogP contribution in [-0.4, -0.2) is 0 Å². The predicted octanol–water partition coefficient (Wildman–Crippen LogP) is 12.3. The lowest BCUT2D eigenvalue weighted by molar-refractivity contribution is -0.187. The molecule has 5 aromatic rings. The molecule has 0 unspecified atom stereocenters. The average Bonchev–Trinajstić information content (AvgIpc) is 3.00. The highest BCUT2D eigenvalue weighted by atomic mass is 19.4. The monoisotopic (exact) mass is 676 g/mol. The molecular formula is C37H26F10O. The van der Waals surface area contributed by atoms with Crippen LogP contribution >= 0.6 is 0 Å². The smallest absolute Gasteiger partial charge is 0.429 e. The average molecular weight is 677 g/mol. The Morgan fingerprint density at radius 1 is 0.521 bits per heavy atom. The van der Waals surface area contributed by atoms with Gasteiger partial charge >= 0.3 is 12.3 Å². The molecule has 0 aliphatic heterocycles. The number of rotatable bonds is 10. The molecule has 0 radical (unpaired) electrons. The Kier molecular flexibility index (Phi) is 9.89. The highest BCUT2D eigenvalue weighted by Gasteiger charge is 2.41. The van der Waals surface area contributed by atoms with Crippen molar-refractivity contribution < 1.29 is 48.6 Å². The normalized spacial score (nSPS) is 12.0. The number of hydrogen-bond donors (Lipinski definition) is 0. The van der Waals surface area contributed by atoms with E-state index in [9.17, 15) is 35.1 Å². The van der Waals surface area contributed by atoms with Crippen molar-refractivity contribution in [1.82, 2.24) is 0 Å². The van der Waals surface area contributed by atoms with Gasteiger partial charge in [-0.2, -0.15) is 22.0 Å². The van der Waals surface area contributed by atoms with Crippen LogP contribution in [0.5, 0.6) is 5.75 Å². The van der Waals surface area contributed by atoms with Crippen molar-refractivity contribution in [2.45, 2.75) is 44.9 Å². The number of benzene rings is 5. The molecule has 0 heterocycles. The number of ether oxygens (including phenoxy) is 1. The van der Waals surface area contributed by atoms with E-state index in [1.807, 2.05) is 24.3 Å². The van der Waals surface area contributed by atoms with Crippen molar-refractivity contribution in [2.75, 3.05) is 0 Å². The van der Waals surface area contributed by atoms with Crippen molar-refractivity contribution in [2.24, 2.45) is 0 Å². The number of unbranched alkanes of at least 4 members (excludes halogenated alkanes) is 2. The minimum atomic E-state index is -5.44. The summed E-state index contributed by atoms with van der Waals surface area (Å²) < 4.78 is 145. The van der Waals surface area contributed by atoms with E-state index in [1.165, 1.54) is 29.8 Å². The van der Waals surface area contributed by atoms with Gasteiger partial charge in [0.05, 0.1) is 5.56 Å². The van der Waals surface area contributed by atoms with Gasteiger partial charge in [-0.3, -0.25) is 0 Å². The summed E-state index contributed by atoms with van der Waals surface area (Å²) in [5.74, 6) is -8.88. The van der Waals surface area contributed by atoms with Crippen LogP contribution in [0.2, 0.25) is 0 Å². The Morgan fingerprint density at radius 2 is 1.02 bits per heavy atom. The summed E-state index contributed by atoms with van der Waals surface area (Å²) in [7, 11) is 0. The molecule has 5 aromatic carbocycles. The highest BCUT2D eigenvalue weighted by molar-refractivity contribution is 5.74. The molecule has 0 aliphatic carbocycles. The topological polar surface area (TPSA) is 9.23 Å². The molecule has 250 valence electrons. The molecule has 11 heteroatoms. The second-order valence-corrected chi connectivity index (χ2v) is 11.1. The summed E-state index contributed by atoms with van der Waals surface area (Å²) in [6.45, 7) is 2.13. The van der Waals surface area contributed by atoms with Crippen LogP contribution in [0.3, 0.4) is 0 Å². The molecule has 0 fully saturated rings. The Hall–Kier alpha value is -4.80. The SMILES string of the molecule is CCCCCc1ccc(-c2ccc(-c3ccc(-c4ccc(C(F)(F)Oc5cc(F)c(C(F)(F)F)c(F)c5)c(F)c4)c(F)c3)c(F)c2)cc1. The van der Waals surface area contributed by atoms with Crippen molar-refractivity contribution >= 4 is 0 Å². The fraction of sp³-hybridized carbons (Fsp3) is 0.189. The lowest BCUT2D eigenvalue weighted by Gasteiger charge is -2.20. The molecule has 0 N–H and O–H groups in total. The van der Waals surface area contributed by atoms with Gasteiger partial charge in [0.2, 0.25) is 0 Å². The molecule has 0 aromatic heterocycles. The molecule has 0 bridgehead atoms. The molecular weight excluding hydrogens is 650 g/mol. The van der Waals surface area contributed by atoms with Crippen molar-refractivity contribution in [3.63, 3.8) is 0 Å². The van der Waals surface area contributed by atoms with E-state index < -0.39 is 58.2 Å². The van der Waals surface area contributed by atoms with Crippen LogP contribution in [-0.2, 0) is 18.7 Å². The molecule has 0 spiro atoms. The number of aryl methyl sites for hydroxylation is 1. The van der Waals surface area contributed by atoms with E-state index in [4.69, 9.17) is 0 Å². The number of halogens is 10. The maximum atomic E-state index is 15.2. The first kappa shape index (κ1) is 34.5. The minimum absolute atomic E-state index is 0.0924. The second kappa shape index (κ2) is 13.7. The van der Waals surface area contributed by atoms with E-state index in [0.29, 0.717) is 17.7 Å². The molecule has 0 amide bonds. The van der Waals surface area contributed by atoms with E-state index >= 15 is 8.78 Å². The Balaban J connectivity index is 1.34. The first-order chi connectivity index (χ1) is 22.7. The Bertz CT molecular complexity index is 1910. The quantitative estimate of drug-likeness (QED) is 0.106. The third kappa shape index (κ3) is 7.50. The van der Waals surface area contributed by atoms with E-state index in [2.05, 4.69) is 11.7 Å². The maximum Gasteiger partial charge on any atom is 0.429 e. The lowest BCUT2D eigenvalue weighted by Crippen LogP contribution is -2.24. The van der Waals surface area contributed by atoms with E-state index in [-0.39, 0.29) is 34.4 Å². The largest absolute Gasteiger partial charge is 0.429 e. The fourth-order valence-corrected chi connectivity index (χ4v) is 5.29. The molecule has 0 saturated heterocycles. The third-order valence-corrected chi connectivity index (χ3v) is 7.74. The third-order valence-electron chi connectivity index (χ3n) is 7.74. The van der Waals surface area contributed by atoms with Gasteiger partial charge in [-0.05, 0) is 64.9 Å². The fourth-order valence-electron chi connectivity index (χ4n) is 5.29. The van der Waals surface area contributed by atoms with Crippen molar-refractivity contribution in [3.05, 3.63) is 137 Å². The molecule has 48 heavy (non-hydrogen) atoms. The van der Waals surface area contributed by atoms with Gasteiger partial charge in [-0.25, -0.2) is 22.0 Å². The summed E-state index contributed by atoms with van der Waals surface area (Å²) in [6, 6.07) is 17.7. The van der Waals surface area contributed by atoms with Crippen LogP contribution in [0, 0.1) is 29.1 Å². The molecule has 0 aliphatic rings. The zero-order valence-electron chi connectivity index (χ0n) is 25.2. The van der Waals surface area contributed by atoms with Crippen LogP contribution in [0.15, 0.2) is 91.0 Å². The van der Waals surface area contributed by atoms with Crippen LogP contribution < -0.4 is 4.74 Å². The highest BCUT2D eigenvalue weighted by Crippen LogP contribution is 2.40. The minimum Gasteiger partial charge on any atom is -0.429 e. The predicted molar refractivity (Wildman–Crippen MR) is 162 cm³/mol. The van der Waals surface area contributed by atoms with E-state index in [1.54, 1.807) is 6.07 Å². The van der Waals surface area contributed by atoms with Gasteiger partial charge < -0.3 is 4.74 Å². The summed E-state index contributed by atoms with van der Waals surface area (Å²) >= 11 is 0. The Labute approximate surface area is 269 Å². The van der Waals surface area contributed by atoms with Gasteiger partial charge in [0.15, 0.2) is 0 Å². The first-order valence-electron chi connectivity index (χ1n) is 14.8. The van der Waals surface area contributed by atoms with Crippen LogP contribution in [0.4, 0.5) is 43.9 Å². The molecule has 1 nitrogen and oxygen atoms in total.